The first-order chi connectivity index (χ1) is 9.74. The zero-order chi connectivity index (χ0) is 13.7. The zero-order valence-electron chi connectivity index (χ0n) is 11.1. The SMILES string of the molecule is O=C1CCCc2c1c(C1CC1)nn2-c1ccc(F)cc1. The number of benzene rings is 1. The summed E-state index contributed by atoms with van der Waals surface area (Å²) in [4.78, 5) is 12.2. The summed E-state index contributed by atoms with van der Waals surface area (Å²) in [5, 5.41) is 4.68. The molecule has 2 aromatic rings. The van der Waals surface area contributed by atoms with Gasteiger partial charge in [-0.15, -0.1) is 0 Å². The van der Waals surface area contributed by atoms with Gasteiger partial charge in [0, 0.05) is 12.3 Å². The quantitative estimate of drug-likeness (QED) is 0.838. The number of rotatable bonds is 2. The third-order valence-electron chi connectivity index (χ3n) is 4.14. The molecule has 0 atom stereocenters. The molecule has 0 radical (unpaired) electrons. The summed E-state index contributed by atoms with van der Waals surface area (Å²) in [6, 6.07) is 6.31. The number of ketones is 1. The lowest BCUT2D eigenvalue weighted by molar-refractivity contribution is 0.0971. The molecule has 4 rings (SSSR count). The third kappa shape index (κ3) is 1.79. The molecule has 1 aromatic carbocycles. The molecule has 102 valence electrons. The van der Waals surface area contributed by atoms with E-state index < -0.39 is 0 Å². The van der Waals surface area contributed by atoms with E-state index in [2.05, 4.69) is 5.10 Å². The van der Waals surface area contributed by atoms with E-state index in [0.717, 1.165) is 48.3 Å². The summed E-state index contributed by atoms with van der Waals surface area (Å²) < 4.78 is 14.9. The van der Waals surface area contributed by atoms with Crippen molar-refractivity contribution >= 4 is 5.78 Å². The van der Waals surface area contributed by atoms with Gasteiger partial charge < -0.3 is 0 Å². The average molecular weight is 270 g/mol. The molecule has 2 aliphatic rings. The highest BCUT2D eigenvalue weighted by atomic mass is 19.1. The van der Waals surface area contributed by atoms with Gasteiger partial charge in [0.25, 0.3) is 0 Å². The fourth-order valence-electron chi connectivity index (χ4n) is 2.99. The molecule has 0 spiro atoms. The van der Waals surface area contributed by atoms with Crippen LogP contribution in [0, 0.1) is 5.82 Å². The van der Waals surface area contributed by atoms with E-state index in [-0.39, 0.29) is 11.6 Å². The highest BCUT2D eigenvalue weighted by Crippen LogP contribution is 2.43. The monoisotopic (exact) mass is 270 g/mol. The van der Waals surface area contributed by atoms with E-state index in [1.54, 1.807) is 12.1 Å². The number of carbonyl (C=O) groups is 1. The maximum absolute atomic E-state index is 13.1. The summed E-state index contributed by atoms with van der Waals surface area (Å²) in [6.45, 7) is 0. The molecule has 2 aliphatic carbocycles. The summed E-state index contributed by atoms with van der Waals surface area (Å²) in [5.74, 6) is 0.419. The van der Waals surface area contributed by atoms with Crippen LogP contribution < -0.4 is 0 Å². The zero-order valence-corrected chi connectivity index (χ0v) is 11.1. The Hall–Kier alpha value is -1.97. The first-order valence-electron chi connectivity index (χ1n) is 7.15. The van der Waals surface area contributed by atoms with Crippen LogP contribution in [0.15, 0.2) is 24.3 Å². The lowest BCUT2D eigenvalue weighted by Gasteiger charge is -2.13. The van der Waals surface area contributed by atoms with Crippen molar-refractivity contribution in [3.05, 3.63) is 47.0 Å². The van der Waals surface area contributed by atoms with Crippen LogP contribution in [0.1, 0.15) is 53.3 Å². The van der Waals surface area contributed by atoms with E-state index in [1.807, 2.05) is 4.68 Å². The van der Waals surface area contributed by atoms with Gasteiger partial charge in [-0.2, -0.15) is 5.10 Å². The standard InChI is InChI=1S/C16H15FN2O/c17-11-6-8-12(9-7-11)19-13-2-1-3-14(20)15(13)16(18-19)10-4-5-10/h6-10H,1-5H2. The molecule has 0 aliphatic heterocycles. The number of carbonyl (C=O) groups excluding carboxylic acids is 1. The van der Waals surface area contributed by atoms with Crippen LogP contribution in [-0.4, -0.2) is 15.6 Å². The molecule has 0 unspecified atom stereocenters. The largest absolute Gasteiger partial charge is 0.294 e. The number of hydrogen-bond donors (Lipinski definition) is 0. The molecule has 1 fully saturated rings. The van der Waals surface area contributed by atoms with Crippen LogP contribution in [0.3, 0.4) is 0 Å². The Bertz CT molecular complexity index is 683. The van der Waals surface area contributed by atoms with Crippen molar-refractivity contribution in [2.24, 2.45) is 0 Å². The minimum absolute atomic E-state index is 0.224. The van der Waals surface area contributed by atoms with Crippen LogP contribution in [0.5, 0.6) is 0 Å². The Labute approximate surface area is 116 Å². The van der Waals surface area contributed by atoms with Crippen LogP contribution in [0.25, 0.3) is 5.69 Å². The normalized spacial score (nSPS) is 18.1. The van der Waals surface area contributed by atoms with Gasteiger partial charge >= 0.3 is 0 Å². The predicted octanol–water partition coefficient (Wildman–Crippen LogP) is 3.41. The number of hydrogen-bond acceptors (Lipinski definition) is 2. The Balaban J connectivity index is 1.89. The van der Waals surface area contributed by atoms with Crippen molar-refractivity contribution in [1.29, 1.82) is 0 Å². The number of aromatic nitrogens is 2. The molecule has 0 amide bonds. The fourth-order valence-corrected chi connectivity index (χ4v) is 2.99. The van der Waals surface area contributed by atoms with Gasteiger partial charge in [0.1, 0.15) is 5.82 Å². The topological polar surface area (TPSA) is 34.9 Å². The van der Waals surface area contributed by atoms with E-state index in [9.17, 15) is 9.18 Å². The number of fused-ring (bicyclic) bond motifs is 1. The maximum Gasteiger partial charge on any atom is 0.166 e. The molecule has 4 heteroatoms. The van der Waals surface area contributed by atoms with Crippen LogP contribution in [0.2, 0.25) is 0 Å². The summed E-state index contributed by atoms with van der Waals surface area (Å²) in [6.07, 6.45) is 4.63. The van der Waals surface area contributed by atoms with Crippen molar-refractivity contribution in [2.45, 2.75) is 38.0 Å². The summed E-state index contributed by atoms with van der Waals surface area (Å²) in [5.41, 5.74) is 3.66. The lowest BCUT2D eigenvalue weighted by atomic mass is 9.93. The number of Topliss-reactive ketones (excluding diaryl/α,β-unsaturated/α-hetero) is 1. The molecule has 1 aromatic heterocycles. The van der Waals surface area contributed by atoms with Gasteiger partial charge in [-0.05, 0) is 49.9 Å². The molecular formula is C16H15FN2O. The van der Waals surface area contributed by atoms with Crippen molar-refractivity contribution in [3.63, 3.8) is 0 Å². The Morgan fingerprint density at radius 1 is 1.15 bits per heavy atom. The number of halogens is 1. The molecule has 0 saturated heterocycles. The van der Waals surface area contributed by atoms with Gasteiger partial charge in [-0.25, -0.2) is 9.07 Å². The summed E-state index contributed by atoms with van der Waals surface area (Å²) >= 11 is 0. The van der Waals surface area contributed by atoms with E-state index >= 15 is 0 Å². The van der Waals surface area contributed by atoms with Crippen molar-refractivity contribution in [1.82, 2.24) is 9.78 Å². The Morgan fingerprint density at radius 2 is 1.90 bits per heavy atom. The highest BCUT2D eigenvalue weighted by Gasteiger charge is 2.35. The molecule has 1 heterocycles. The van der Waals surface area contributed by atoms with Gasteiger partial charge in [0.2, 0.25) is 0 Å². The smallest absolute Gasteiger partial charge is 0.166 e. The van der Waals surface area contributed by atoms with Gasteiger partial charge in [0.05, 0.1) is 22.6 Å². The molecule has 3 nitrogen and oxygen atoms in total. The maximum atomic E-state index is 13.1. The Morgan fingerprint density at radius 3 is 2.60 bits per heavy atom. The second-order valence-electron chi connectivity index (χ2n) is 5.65. The van der Waals surface area contributed by atoms with E-state index in [0.29, 0.717) is 12.3 Å². The van der Waals surface area contributed by atoms with Gasteiger partial charge in [-0.1, -0.05) is 0 Å². The molecule has 20 heavy (non-hydrogen) atoms. The Kier molecular flexibility index (Phi) is 2.52. The summed E-state index contributed by atoms with van der Waals surface area (Å²) in [7, 11) is 0. The first-order valence-corrected chi connectivity index (χ1v) is 7.15. The van der Waals surface area contributed by atoms with E-state index in [4.69, 9.17) is 0 Å². The average Bonchev–Trinajstić information content (AvgIpc) is 3.22. The molecule has 1 saturated carbocycles. The van der Waals surface area contributed by atoms with Crippen LogP contribution in [0.4, 0.5) is 4.39 Å². The molecule has 0 bridgehead atoms. The van der Waals surface area contributed by atoms with Crippen LogP contribution >= 0.6 is 0 Å². The first kappa shape index (κ1) is 11.8. The molecule has 0 N–H and O–H groups in total. The second kappa shape index (κ2) is 4.27. The second-order valence-corrected chi connectivity index (χ2v) is 5.65. The lowest BCUT2D eigenvalue weighted by Crippen LogP contribution is -2.13. The minimum atomic E-state index is -0.256. The molecular weight excluding hydrogens is 255 g/mol. The van der Waals surface area contributed by atoms with Crippen molar-refractivity contribution in [2.75, 3.05) is 0 Å². The fraction of sp³-hybridized carbons (Fsp3) is 0.375. The predicted molar refractivity (Wildman–Crippen MR) is 72.8 cm³/mol. The van der Waals surface area contributed by atoms with Crippen molar-refractivity contribution in [3.8, 4) is 5.69 Å². The van der Waals surface area contributed by atoms with Crippen LogP contribution in [-0.2, 0) is 6.42 Å². The van der Waals surface area contributed by atoms with E-state index in [1.165, 1.54) is 12.1 Å². The highest BCUT2D eigenvalue weighted by molar-refractivity contribution is 5.99. The van der Waals surface area contributed by atoms with Gasteiger partial charge in [-0.3, -0.25) is 4.79 Å². The number of nitrogens with zero attached hydrogens (tertiary/aromatic N) is 2. The minimum Gasteiger partial charge on any atom is -0.294 e. The van der Waals surface area contributed by atoms with Crippen molar-refractivity contribution < 1.29 is 9.18 Å². The third-order valence-corrected chi connectivity index (χ3v) is 4.14. The van der Waals surface area contributed by atoms with Gasteiger partial charge in [0.15, 0.2) is 5.78 Å².